The Morgan fingerprint density at radius 3 is 3.00 bits per heavy atom. The van der Waals surface area contributed by atoms with Crippen LogP contribution in [0.3, 0.4) is 0 Å². The van der Waals surface area contributed by atoms with Crippen LogP contribution in [0.15, 0.2) is 30.6 Å². The molecule has 98 valence electrons. The van der Waals surface area contributed by atoms with E-state index in [1.54, 1.807) is 0 Å². The van der Waals surface area contributed by atoms with Crippen LogP contribution in [-0.4, -0.2) is 23.1 Å². The molecule has 0 radical (unpaired) electrons. The predicted molar refractivity (Wildman–Crippen MR) is 75.0 cm³/mol. The van der Waals surface area contributed by atoms with Gasteiger partial charge in [0.2, 0.25) is 0 Å². The number of nitrogens with zero attached hydrogens (tertiary/aromatic N) is 3. The molecule has 0 bridgehead atoms. The molecule has 0 spiro atoms. The molecule has 0 fully saturated rings. The predicted octanol–water partition coefficient (Wildman–Crippen LogP) is 2.63. The fourth-order valence-electron chi connectivity index (χ4n) is 2.13. The Labute approximate surface area is 116 Å². The largest absolute Gasteiger partial charge is 0.491 e. The normalized spacial score (nSPS) is 14.5. The summed E-state index contributed by atoms with van der Waals surface area (Å²) in [7, 11) is 0. The monoisotopic (exact) mass is 276 g/mol. The van der Waals surface area contributed by atoms with Gasteiger partial charge in [0, 0.05) is 6.54 Å². The Hall–Kier alpha value is -2.01. The summed E-state index contributed by atoms with van der Waals surface area (Å²) < 4.78 is 5.71. The van der Waals surface area contributed by atoms with Gasteiger partial charge in [-0.1, -0.05) is 23.7 Å². The van der Waals surface area contributed by atoms with E-state index in [0.29, 0.717) is 18.1 Å². The minimum atomic E-state index is 0.271. The Bertz CT molecular complexity index is 605. The van der Waals surface area contributed by atoms with Gasteiger partial charge in [0.25, 0.3) is 0 Å². The van der Waals surface area contributed by atoms with Crippen molar-refractivity contribution in [2.75, 3.05) is 23.8 Å². The van der Waals surface area contributed by atoms with E-state index in [4.69, 9.17) is 22.1 Å². The van der Waals surface area contributed by atoms with Gasteiger partial charge in [-0.15, -0.1) is 0 Å². The van der Waals surface area contributed by atoms with Crippen molar-refractivity contribution >= 4 is 28.8 Å². The molecule has 3 rings (SSSR count). The maximum atomic E-state index is 5.98. The lowest BCUT2D eigenvalue weighted by Gasteiger charge is -2.23. The number of nitrogens with two attached hydrogens (primary N) is 1. The minimum absolute atomic E-state index is 0.271. The fourth-order valence-corrected chi connectivity index (χ4v) is 2.26. The molecular formula is C13H13ClN4O. The summed E-state index contributed by atoms with van der Waals surface area (Å²) >= 11 is 5.97. The van der Waals surface area contributed by atoms with Crippen LogP contribution in [0.1, 0.15) is 6.42 Å². The third kappa shape index (κ3) is 2.17. The molecule has 0 unspecified atom stereocenters. The van der Waals surface area contributed by atoms with E-state index in [1.165, 1.54) is 6.33 Å². The highest BCUT2D eigenvalue weighted by atomic mass is 35.5. The van der Waals surface area contributed by atoms with Gasteiger partial charge in [0.05, 0.1) is 12.3 Å². The van der Waals surface area contributed by atoms with E-state index < -0.39 is 0 Å². The number of para-hydroxylation sites is 2. The Kier molecular flexibility index (Phi) is 3.13. The zero-order valence-electron chi connectivity index (χ0n) is 10.2. The van der Waals surface area contributed by atoms with Crippen molar-refractivity contribution in [3.63, 3.8) is 0 Å². The number of rotatable bonds is 1. The number of benzene rings is 1. The topological polar surface area (TPSA) is 64.3 Å². The smallest absolute Gasteiger partial charge is 0.161 e. The lowest BCUT2D eigenvalue weighted by atomic mass is 10.2. The Morgan fingerprint density at radius 2 is 2.11 bits per heavy atom. The lowest BCUT2D eigenvalue weighted by molar-refractivity contribution is 0.322. The van der Waals surface area contributed by atoms with Crippen molar-refractivity contribution in [3.05, 3.63) is 35.7 Å². The number of hydrogen-bond donors (Lipinski definition) is 1. The second-order valence-corrected chi connectivity index (χ2v) is 4.58. The number of hydrogen-bond acceptors (Lipinski definition) is 5. The quantitative estimate of drug-likeness (QED) is 0.811. The molecule has 1 aromatic heterocycles. The molecule has 0 aliphatic carbocycles. The highest BCUT2D eigenvalue weighted by molar-refractivity contribution is 6.32. The molecule has 2 aromatic rings. The van der Waals surface area contributed by atoms with E-state index in [1.807, 2.05) is 29.2 Å². The average molecular weight is 277 g/mol. The van der Waals surface area contributed by atoms with Crippen LogP contribution in [0.5, 0.6) is 5.75 Å². The van der Waals surface area contributed by atoms with Gasteiger partial charge in [0.1, 0.15) is 17.8 Å². The van der Waals surface area contributed by atoms with Crippen LogP contribution in [0.25, 0.3) is 0 Å². The number of ether oxygens (including phenoxy) is 1. The standard InChI is InChI=1S/C13H13ClN4O/c14-12-11(15)13(17-8-16-12)18-6-3-7-19-10-5-2-1-4-9(10)18/h1-2,4-5,8H,3,6-7,15H2. The van der Waals surface area contributed by atoms with Gasteiger partial charge in [-0.2, -0.15) is 0 Å². The summed E-state index contributed by atoms with van der Waals surface area (Å²) in [4.78, 5) is 10.2. The molecule has 0 atom stereocenters. The molecule has 0 saturated heterocycles. The van der Waals surface area contributed by atoms with Crippen LogP contribution in [-0.2, 0) is 0 Å². The first-order chi connectivity index (χ1) is 9.27. The van der Waals surface area contributed by atoms with Crippen LogP contribution in [0.4, 0.5) is 17.2 Å². The molecule has 1 aliphatic heterocycles. The third-order valence-electron chi connectivity index (χ3n) is 3.01. The van der Waals surface area contributed by atoms with Gasteiger partial charge in [-0.3, -0.25) is 0 Å². The Morgan fingerprint density at radius 1 is 1.26 bits per heavy atom. The van der Waals surface area contributed by atoms with Crippen molar-refractivity contribution in [1.29, 1.82) is 0 Å². The van der Waals surface area contributed by atoms with E-state index in [-0.39, 0.29) is 5.15 Å². The zero-order valence-corrected chi connectivity index (χ0v) is 11.0. The van der Waals surface area contributed by atoms with E-state index in [0.717, 1.165) is 24.4 Å². The van der Waals surface area contributed by atoms with Gasteiger partial charge in [0.15, 0.2) is 11.0 Å². The SMILES string of the molecule is Nc1c(Cl)ncnc1N1CCCOc2ccccc21. The molecule has 1 aliphatic rings. The summed E-state index contributed by atoms with van der Waals surface area (Å²) in [6, 6.07) is 7.82. The van der Waals surface area contributed by atoms with Crippen LogP contribution < -0.4 is 15.4 Å². The Balaban J connectivity index is 2.12. The maximum absolute atomic E-state index is 5.98. The first-order valence-electron chi connectivity index (χ1n) is 6.02. The number of halogens is 1. The van der Waals surface area contributed by atoms with Crippen molar-refractivity contribution in [2.45, 2.75) is 6.42 Å². The first-order valence-corrected chi connectivity index (χ1v) is 6.40. The third-order valence-corrected chi connectivity index (χ3v) is 3.31. The fraction of sp³-hybridized carbons (Fsp3) is 0.231. The van der Waals surface area contributed by atoms with Crippen LogP contribution >= 0.6 is 11.6 Å². The number of fused-ring (bicyclic) bond motifs is 1. The van der Waals surface area contributed by atoms with E-state index in [2.05, 4.69) is 9.97 Å². The van der Waals surface area contributed by atoms with Crippen molar-refractivity contribution in [1.82, 2.24) is 9.97 Å². The van der Waals surface area contributed by atoms with Crippen molar-refractivity contribution in [2.24, 2.45) is 0 Å². The van der Waals surface area contributed by atoms with E-state index >= 15 is 0 Å². The molecule has 5 nitrogen and oxygen atoms in total. The highest BCUT2D eigenvalue weighted by Gasteiger charge is 2.21. The van der Waals surface area contributed by atoms with Gasteiger partial charge >= 0.3 is 0 Å². The van der Waals surface area contributed by atoms with Gasteiger partial charge in [-0.05, 0) is 18.6 Å². The van der Waals surface area contributed by atoms with Crippen molar-refractivity contribution < 1.29 is 4.74 Å². The number of aromatic nitrogens is 2. The molecule has 0 amide bonds. The molecule has 19 heavy (non-hydrogen) atoms. The van der Waals surface area contributed by atoms with Gasteiger partial charge < -0.3 is 15.4 Å². The second kappa shape index (κ2) is 4.93. The van der Waals surface area contributed by atoms with E-state index in [9.17, 15) is 0 Å². The molecule has 1 aromatic carbocycles. The minimum Gasteiger partial charge on any atom is -0.491 e. The number of anilines is 3. The molecule has 2 heterocycles. The van der Waals surface area contributed by atoms with Crippen LogP contribution in [0.2, 0.25) is 5.15 Å². The second-order valence-electron chi connectivity index (χ2n) is 4.22. The molecular weight excluding hydrogens is 264 g/mol. The summed E-state index contributed by atoms with van der Waals surface area (Å²) in [6.07, 6.45) is 2.30. The highest BCUT2D eigenvalue weighted by Crippen LogP contribution is 2.38. The first kappa shape index (κ1) is 12.0. The van der Waals surface area contributed by atoms with Crippen molar-refractivity contribution in [3.8, 4) is 5.75 Å². The summed E-state index contributed by atoms with van der Waals surface area (Å²) in [5.74, 6) is 1.45. The van der Waals surface area contributed by atoms with Gasteiger partial charge in [-0.25, -0.2) is 9.97 Å². The van der Waals surface area contributed by atoms with Crippen LogP contribution in [0, 0.1) is 0 Å². The maximum Gasteiger partial charge on any atom is 0.161 e. The lowest BCUT2D eigenvalue weighted by Crippen LogP contribution is -2.20. The number of nitrogen functional groups attached to an aromatic ring is 1. The summed E-state index contributed by atoms with van der Waals surface area (Å²) in [6.45, 7) is 1.45. The molecule has 0 saturated carbocycles. The molecule has 6 heteroatoms. The molecule has 2 N–H and O–H groups in total. The summed E-state index contributed by atoms with van der Waals surface area (Å²) in [5, 5.41) is 0.271. The average Bonchev–Trinajstić information content (AvgIpc) is 2.64. The summed E-state index contributed by atoms with van der Waals surface area (Å²) in [5.41, 5.74) is 7.32. The zero-order chi connectivity index (χ0) is 13.2.